The second kappa shape index (κ2) is 14.0. The van der Waals surface area contributed by atoms with Crippen LogP contribution in [-0.2, 0) is 34.6 Å². The number of ether oxygens (including phenoxy) is 1. The average molecular weight is 841 g/mol. The van der Waals surface area contributed by atoms with Crippen molar-refractivity contribution in [1.29, 1.82) is 0 Å². The molecule has 0 bridgehead atoms. The Bertz CT molecular complexity index is 3010. The van der Waals surface area contributed by atoms with E-state index in [-0.39, 0.29) is 36.4 Å². The zero-order valence-corrected chi connectivity index (χ0v) is 35.5. The molecule has 11 rings (SSSR count). The van der Waals surface area contributed by atoms with Gasteiger partial charge in [0.25, 0.3) is 17.7 Å². The molecule has 0 radical (unpaired) electrons. The number of nitrogens with zero attached hydrogens (tertiary/aromatic N) is 6. The number of amides is 3. The van der Waals surface area contributed by atoms with Crippen molar-refractivity contribution in [2.45, 2.75) is 63.2 Å². The lowest BCUT2D eigenvalue weighted by Gasteiger charge is -2.32. The molecule has 1 saturated heterocycles. The van der Waals surface area contributed by atoms with E-state index in [1.165, 1.54) is 0 Å². The van der Waals surface area contributed by atoms with Crippen molar-refractivity contribution in [2.24, 2.45) is 5.92 Å². The van der Waals surface area contributed by atoms with Crippen LogP contribution in [0.1, 0.15) is 50.9 Å². The van der Waals surface area contributed by atoms with Crippen LogP contribution < -0.4 is 14.7 Å². The van der Waals surface area contributed by atoms with Crippen molar-refractivity contribution >= 4 is 76.0 Å². The predicted molar refractivity (Wildman–Crippen MR) is 240 cm³/mol. The Balaban J connectivity index is 0.977. The first-order chi connectivity index (χ1) is 30.0. The minimum Gasteiger partial charge on any atom is -0.432 e. The highest BCUT2D eigenvalue weighted by molar-refractivity contribution is 6.71. The van der Waals surface area contributed by atoms with Gasteiger partial charge in [-0.3, -0.25) is 28.9 Å². The summed E-state index contributed by atoms with van der Waals surface area (Å²) in [5, 5.41) is 21.7. The standard InChI is InChI=1S/C49H44N6O6Si/c1-29-45(62(2,3)60)42(22-24-52-28-33(23-25-56)50-51-52)61-49(29)38-26-35(55-41-15-7-11-32-9-5-13-37(44(32)41)47(55)58)20-21-39(38)53(48(49)59)27-30-16-18-34(19-17-30)54-40-14-6-10-31-8-4-12-36(43(31)40)46(54)57/h4-21,26,28-29,42,45,56,60H,22-25,27H2,1-3H3/t29-,42+,45-,49+/m0/s1. The minimum absolute atomic E-state index is 0.0327. The highest BCUT2D eigenvalue weighted by Crippen LogP contribution is 2.61. The van der Waals surface area contributed by atoms with E-state index in [2.05, 4.69) is 10.3 Å². The molecule has 13 heteroatoms. The molecule has 4 atom stereocenters. The minimum atomic E-state index is -3.00. The first kappa shape index (κ1) is 38.4. The zero-order valence-electron chi connectivity index (χ0n) is 34.5. The Labute approximate surface area is 358 Å². The summed E-state index contributed by atoms with van der Waals surface area (Å²) >= 11 is 0. The molecule has 7 aromatic rings. The molecule has 1 spiro atoms. The van der Waals surface area contributed by atoms with Gasteiger partial charge in [-0.1, -0.05) is 72.8 Å². The lowest BCUT2D eigenvalue weighted by atomic mass is 9.82. The summed E-state index contributed by atoms with van der Waals surface area (Å²) in [5.74, 6) is -0.888. The van der Waals surface area contributed by atoms with Crippen LogP contribution >= 0.6 is 0 Å². The van der Waals surface area contributed by atoms with Crippen LogP contribution in [0.15, 0.2) is 121 Å². The van der Waals surface area contributed by atoms with E-state index >= 15 is 4.79 Å². The van der Waals surface area contributed by atoms with Crippen LogP contribution in [0.2, 0.25) is 18.6 Å². The molecule has 0 aliphatic carbocycles. The summed E-state index contributed by atoms with van der Waals surface area (Å²) in [6.45, 7) is 6.45. The van der Waals surface area contributed by atoms with Gasteiger partial charge >= 0.3 is 0 Å². The highest BCUT2D eigenvalue weighted by Gasteiger charge is 2.66. The molecule has 0 saturated carbocycles. The summed E-state index contributed by atoms with van der Waals surface area (Å²) in [6, 6.07) is 36.9. The van der Waals surface area contributed by atoms with Crippen molar-refractivity contribution in [2.75, 3.05) is 21.3 Å². The number of aromatic nitrogens is 3. The van der Waals surface area contributed by atoms with Gasteiger partial charge in [-0.15, -0.1) is 5.10 Å². The third-order valence-electron chi connectivity index (χ3n) is 13.5. The number of carbonyl (C=O) groups is 3. The van der Waals surface area contributed by atoms with Gasteiger partial charge in [0.1, 0.15) is 0 Å². The molecule has 6 aromatic carbocycles. The van der Waals surface area contributed by atoms with Gasteiger partial charge in [0, 0.05) is 64.9 Å². The van der Waals surface area contributed by atoms with Crippen molar-refractivity contribution in [3.63, 3.8) is 0 Å². The van der Waals surface area contributed by atoms with Crippen LogP contribution in [0.4, 0.5) is 28.4 Å². The lowest BCUT2D eigenvalue weighted by molar-refractivity contribution is -0.146. The number of anilines is 5. The second-order valence-electron chi connectivity index (χ2n) is 17.5. The fraction of sp³-hybridized carbons (Fsp3) is 0.245. The first-order valence-electron chi connectivity index (χ1n) is 21.2. The molecule has 310 valence electrons. The maximum absolute atomic E-state index is 15.5. The van der Waals surface area contributed by atoms with Gasteiger partial charge in [-0.25, -0.2) is 0 Å². The third-order valence-corrected chi connectivity index (χ3v) is 16.0. The lowest BCUT2D eigenvalue weighted by Crippen LogP contribution is -2.46. The summed E-state index contributed by atoms with van der Waals surface area (Å²) in [7, 11) is -3.00. The molecular weight excluding hydrogens is 797 g/mol. The van der Waals surface area contributed by atoms with Crippen LogP contribution in [0, 0.1) is 5.92 Å². The number of aliphatic hydroxyl groups excluding tert-OH is 1. The molecule has 5 heterocycles. The van der Waals surface area contributed by atoms with Crippen molar-refractivity contribution in [3.8, 4) is 0 Å². The Morgan fingerprint density at radius 2 is 1.35 bits per heavy atom. The molecule has 4 aliphatic heterocycles. The molecule has 12 nitrogen and oxygen atoms in total. The summed E-state index contributed by atoms with van der Waals surface area (Å²) < 4.78 is 8.92. The molecule has 2 N–H and O–H groups in total. The van der Waals surface area contributed by atoms with Crippen molar-refractivity contribution in [3.05, 3.63) is 149 Å². The number of fused-ring (bicyclic) bond motifs is 2. The summed E-state index contributed by atoms with van der Waals surface area (Å²) in [4.78, 5) is 60.7. The quantitative estimate of drug-likeness (QED) is 0.132. The highest BCUT2D eigenvalue weighted by atomic mass is 28.4. The molecule has 62 heavy (non-hydrogen) atoms. The number of aliphatic hydroxyl groups is 1. The fourth-order valence-electron chi connectivity index (χ4n) is 10.8. The molecule has 0 unspecified atom stereocenters. The van der Waals surface area contributed by atoms with Crippen molar-refractivity contribution in [1.82, 2.24) is 15.0 Å². The Morgan fingerprint density at radius 3 is 1.97 bits per heavy atom. The smallest absolute Gasteiger partial charge is 0.264 e. The molecule has 4 aliphatic rings. The maximum atomic E-state index is 15.5. The van der Waals surface area contributed by atoms with Crippen LogP contribution in [0.25, 0.3) is 21.5 Å². The number of hydrogen-bond donors (Lipinski definition) is 2. The number of benzene rings is 6. The largest absolute Gasteiger partial charge is 0.432 e. The number of rotatable bonds is 10. The van der Waals surface area contributed by atoms with Crippen LogP contribution in [-0.4, -0.2) is 63.6 Å². The number of carbonyl (C=O) groups excluding carboxylic acids is 3. The van der Waals surface area contributed by atoms with Gasteiger partial charge in [0.2, 0.25) is 0 Å². The monoisotopic (exact) mass is 840 g/mol. The van der Waals surface area contributed by atoms with Gasteiger partial charge in [-0.2, -0.15) is 0 Å². The van der Waals surface area contributed by atoms with E-state index in [0.717, 1.165) is 44.2 Å². The average Bonchev–Trinajstić information content (AvgIpc) is 4.04. The Hall–Kier alpha value is -6.51. The van der Waals surface area contributed by atoms with E-state index in [9.17, 15) is 19.5 Å². The predicted octanol–water partition coefficient (Wildman–Crippen LogP) is 8.14. The van der Waals surface area contributed by atoms with Gasteiger partial charge in [0.15, 0.2) is 13.9 Å². The fourth-order valence-corrected chi connectivity index (χ4v) is 13.4. The van der Waals surface area contributed by atoms with E-state index < -0.39 is 25.9 Å². The van der Waals surface area contributed by atoms with E-state index in [1.807, 2.05) is 135 Å². The Morgan fingerprint density at radius 1 is 0.758 bits per heavy atom. The molecule has 1 aromatic heterocycles. The molecular formula is C49H44N6O6Si. The maximum Gasteiger partial charge on any atom is 0.264 e. The van der Waals surface area contributed by atoms with Crippen molar-refractivity contribution < 1.29 is 29.0 Å². The molecule has 3 amide bonds. The van der Waals surface area contributed by atoms with Gasteiger partial charge < -0.3 is 19.5 Å². The van der Waals surface area contributed by atoms with Crippen LogP contribution in [0.3, 0.4) is 0 Å². The van der Waals surface area contributed by atoms with E-state index in [4.69, 9.17) is 4.74 Å². The first-order valence-corrected chi connectivity index (χ1v) is 24.2. The van der Waals surface area contributed by atoms with Gasteiger partial charge in [-0.05, 0) is 90.4 Å². The topological polar surface area (TPSA) is 141 Å². The zero-order chi connectivity index (χ0) is 42.7. The third kappa shape index (κ3) is 5.58. The van der Waals surface area contributed by atoms with Gasteiger partial charge in [0.05, 0.1) is 46.5 Å². The summed E-state index contributed by atoms with van der Waals surface area (Å²) in [5.41, 5.74) is 5.34. The Kier molecular flexibility index (Phi) is 8.68. The van der Waals surface area contributed by atoms with E-state index in [0.29, 0.717) is 53.1 Å². The number of aryl methyl sites for hydroxylation is 1. The second-order valence-corrected chi connectivity index (χ2v) is 21.5. The van der Waals surface area contributed by atoms with E-state index in [1.54, 1.807) is 25.6 Å². The summed E-state index contributed by atoms with van der Waals surface area (Å²) in [6.07, 6.45) is 2.17. The normalized spacial score (nSPS) is 21.5. The SMILES string of the molecule is C[C@H]1[C@H]([Si](C)(C)O)[C@@H](CCn2cc(CCO)nn2)O[C@]12C(=O)N(Cc1ccc(N3C(=O)c4cccc5cccc3c45)cc1)c1ccc(N3C(=O)c4cccc5cccc3c45)cc12. The number of hydrogen-bond acceptors (Lipinski definition) is 8. The molecule has 1 fully saturated rings. The van der Waals surface area contributed by atoms with Crippen LogP contribution in [0.5, 0.6) is 0 Å².